The Morgan fingerprint density at radius 3 is 2.50 bits per heavy atom. The van der Waals surface area contributed by atoms with Crippen molar-refractivity contribution >= 4 is 16.7 Å². The Morgan fingerprint density at radius 1 is 0.933 bits per heavy atom. The minimum Gasteiger partial charge on any atom is -0.480 e. The number of nitrogens with one attached hydrogen (secondary N) is 1. The minimum absolute atomic E-state index is 0.00916. The molecule has 4 rings (SSSR count). The van der Waals surface area contributed by atoms with Crippen molar-refractivity contribution in [2.45, 2.75) is 64.5 Å². The van der Waals surface area contributed by atoms with Crippen LogP contribution >= 0.6 is 0 Å². The van der Waals surface area contributed by atoms with Crippen molar-refractivity contribution in [3.63, 3.8) is 0 Å². The van der Waals surface area contributed by atoms with Gasteiger partial charge in [-0.1, -0.05) is 68.4 Å². The predicted octanol–water partition coefficient (Wildman–Crippen LogP) is 6.14. The van der Waals surface area contributed by atoms with E-state index in [1.54, 1.807) is 0 Å². The van der Waals surface area contributed by atoms with Crippen LogP contribution in [0.1, 0.15) is 62.3 Å². The average molecular weight is 402 g/mol. The van der Waals surface area contributed by atoms with Crippen molar-refractivity contribution in [2.75, 3.05) is 0 Å². The van der Waals surface area contributed by atoms with Crippen molar-refractivity contribution in [1.29, 1.82) is 0 Å². The summed E-state index contributed by atoms with van der Waals surface area (Å²) in [7, 11) is 0. The molecule has 1 amide bonds. The Bertz CT molecular complexity index is 1020. The first-order valence-corrected chi connectivity index (χ1v) is 11.3. The molecular weight excluding hydrogens is 370 g/mol. The Morgan fingerprint density at radius 2 is 1.70 bits per heavy atom. The molecule has 3 nitrogen and oxygen atoms in total. The second-order valence-corrected chi connectivity index (χ2v) is 8.20. The first kappa shape index (κ1) is 20.5. The zero-order chi connectivity index (χ0) is 20.9. The lowest BCUT2D eigenvalue weighted by Gasteiger charge is -2.24. The molecule has 3 aromatic carbocycles. The van der Waals surface area contributed by atoms with Gasteiger partial charge in [-0.3, -0.25) is 4.79 Å². The maximum Gasteiger partial charge on any atom is 0.261 e. The Hall–Kier alpha value is -2.81. The van der Waals surface area contributed by atoms with Gasteiger partial charge in [0.25, 0.3) is 5.91 Å². The highest BCUT2D eigenvalue weighted by Crippen LogP contribution is 2.28. The van der Waals surface area contributed by atoms with E-state index in [0.717, 1.165) is 29.4 Å². The molecule has 1 aliphatic carbocycles. The average Bonchev–Trinajstić information content (AvgIpc) is 2.80. The Kier molecular flexibility index (Phi) is 6.37. The van der Waals surface area contributed by atoms with Crippen LogP contribution in [-0.2, 0) is 17.6 Å². The van der Waals surface area contributed by atoms with Gasteiger partial charge in [0.1, 0.15) is 5.75 Å². The van der Waals surface area contributed by atoms with E-state index in [9.17, 15) is 4.79 Å². The Labute approximate surface area is 179 Å². The van der Waals surface area contributed by atoms with Crippen LogP contribution in [0.5, 0.6) is 5.75 Å². The number of benzene rings is 3. The summed E-state index contributed by atoms with van der Waals surface area (Å²) in [5.41, 5.74) is 4.12. The van der Waals surface area contributed by atoms with Crippen molar-refractivity contribution < 1.29 is 9.53 Å². The lowest BCUT2D eigenvalue weighted by Crippen LogP contribution is -2.40. The van der Waals surface area contributed by atoms with Crippen molar-refractivity contribution in [1.82, 2.24) is 5.32 Å². The normalized spacial score (nSPS) is 15.3. The van der Waals surface area contributed by atoms with Gasteiger partial charge in [0.2, 0.25) is 0 Å². The first-order chi connectivity index (χ1) is 14.7. The minimum atomic E-state index is -0.512. The number of aryl methyl sites for hydroxylation is 2. The van der Waals surface area contributed by atoms with Gasteiger partial charge in [0.15, 0.2) is 6.10 Å². The quantitative estimate of drug-likeness (QED) is 0.516. The fourth-order valence-corrected chi connectivity index (χ4v) is 4.43. The molecule has 30 heavy (non-hydrogen) atoms. The van der Waals surface area contributed by atoms with E-state index < -0.39 is 6.10 Å². The molecule has 1 N–H and O–H groups in total. The van der Waals surface area contributed by atoms with Crippen LogP contribution < -0.4 is 10.1 Å². The van der Waals surface area contributed by atoms with Crippen LogP contribution in [0.4, 0.5) is 0 Å². The lowest BCUT2D eigenvalue weighted by atomic mass is 9.88. The summed E-state index contributed by atoms with van der Waals surface area (Å²) in [5.74, 6) is 0.715. The second-order valence-electron chi connectivity index (χ2n) is 8.20. The summed E-state index contributed by atoms with van der Waals surface area (Å²) < 4.78 is 6.20. The van der Waals surface area contributed by atoms with Crippen molar-refractivity contribution in [3.05, 3.63) is 77.4 Å². The molecule has 0 saturated heterocycles. The van der Waals surface area contributed by atoms with Gasteiger partial charge in [0, 0.05) is 5.39 Å². The van der Waals surface area contributed by atoms with Crippen LogP contribution in [0.15, 0.2) is 60.7 Å². The van der Waals surface area contributed by atoms with Crippen LogP contribution in [-0.4, -0.2) is 12.0 Å². The van der Waals surface area contributed by atoms with Gasteiger partial charge in [-0.15, -0.1) is 0 Å². The molecule has 0 aromatic heterocycles. The molecule has 3 aromatic rings. The molecule has 0 fully saturated rings. The van der Waals surface area contributed by atoms with Crippen molar-refractivity contribution in [2.24, 2.45) is 0 Å². The fraction of sp³-hybridized carbons (Fsp3) is 0.370. The van der Waals surface area contributed by atoms with Crippen LogP contribution in [0, 0.1) is 0 Å². The predicted molar refractivity (Wildman–Crippen MR) is 123 cm³/mol. The largest absolute Gasteiger partial charge is 0.480 e. The molecule has 156 valence electrons. The lowest BCUT2D eigenvalue weighted by molar-refractivity contribution is -0.128. The third kappa shape index (κ3) is 4.35. The summed E-state index contributed by atoms with van der Waals surface area (Å²) in [6, 6.07) is 20.8. The van der Waals surface area contributed by atoms with Gasteiger partial charge in [-0.05, 0) is 66.7 Å². The highest BCUT2D eigenvalue weighted by atomic mass is 16.5. The number of fused-ring (bicyclic) bond motifs is 2. The molecule has 1 aliphatic rings. The third-order valence-corrected chi connectivity index (χ3v) is 6.18. The molecule has 0 heterocycles. The molecule has 0 radical (unpaired) electrons. The zero-order valence-corrected chi connectivity index (χ0v) is 18.0. The van der Waals surface area contributed by atoms with Gasteiger partial charge in [0.05, 0.1) is 6.04 Å². The zero-order valence-electron chi connectivity index (χ0n) is 18.0. The number of carbonyl (C=O) groups excluding carboxylic acids is 1. The van der Waals surface area contributed by atoms with E-state index in [-0.39, 0.29) is 11.9 Å². The van der Waals surface area contributed by atoms with E-state index >= 15 is 0 Å². The van der Waals surface area contributed by atoms with E-state index in [1.165, 1.54) is 36.0 Å². The second kappa shape index (κ2) is 9.34. The number of carbonyl (C=O) groups is 1. The van der Waals surface area contributed by atoms with Gasteiger partial charge in [-0.25, -0.2) is 0 Å². The standard InChI is InChI=1S/C27H31NO2/c1-3-24(22-17-16-19-10-5-6-12-21(19)18-22)28-27(29)25(4-2)30-26-15-9-13-20-11-7-8-14-23(20)26/h7-9,11,13-18,24-25H,3-6,10,12H2,1-2H3,(H,28,29)/t24-,25-/m0/s1. The molecule has 3 heteroatoms. The van der Waals surface area contributed by atoms with E-state index in [2.05, 4.69) is 42.6 Å². The fourth-order valence-electron chi connectivity index (χ4n) is 4.43. The summed E-state index contributed by atoms with van der Waals surface area (Å²) in [6.07, 6.45) is 5.83. The maximum atomic E-state index is 13.1. The molecule has 0 bridgehead atoms. The number of rotatable bonds is 7. The molecular formula is C27H31NO2. The highest BCUT2D eigenvalue weighted by Gasteiger charge is 2.23. The van der Waals surface area contributed by atoms with Crippen molar-refractivity contribution in [3.8, 4) is 5.75 Å². The number of hydrogen-bond donors (Lipinski definition) is 1. The van der Waals surface area contributed by atoms with Crippen LogP contribution in [0.25, 0.3) is 10.8 Å². The summed E-state index contributed by atoms with van der Waals surface area (Å²) in [6.45, 7) is 4.12. The topological polar surface area (TPSA) is 38.3 Å². The van der Waals surface area contributed by atoms with E-state index in [1.807, 2.05) is 37.3 Å². The number of ether oxygens (including phenoxy) is 1. The first-order valence-electron chi connectivity index (χ1n) is 11.3. The number of amides is 1. The summed E-state index contributed by atoms with van der Waals surface area (Å²) >= 11 is 0. The molecule has 0 spiro atoms. The smallest absolute Gasteiger partial charge is 0.261 e. The number of hydrogen-bond acceptors (Lipinski definition) is 2. The van der Waals surface area contributed by atoms with E-state index in [0.29, 0.717) is 6.42 Å². The van der Waals surface area contributed by atoms with Crippen LogP contribution in [0.2, 0.25) is 0 Å². The van der Waals surface area contributed by atoms with Gasteiger partial charge < -0.3 is 10.1 Å². The van der Waals surface area contributed by atoms with Gasteiger partial charge >= 0.3 is 0 Å². The molecule has 0 saturated carbocycles. The molecule has 2 atom stereocenters. The van der Waals surface area contributed by atoms with Crippen LogP contribution in [0.3, 0.4) is 0 Å². The monoisotopic (exact) mass is 401 g/mol. The maximum absolute atomic E-state index is 13.1. The molecule has 0 aliphatic heterocycles. The summed E-state index contributed by atoms with van der Waals surface area (Å²) in [4.78, 5) is 13.1. The molecule has 0 unspecified atom stereocenters. The van der Waals surface area contributed by atoms with E-state index in [4.69, 9.17) is 4.74 Å². The third-order valence-electron chi connectivity index (χ3n) is 6.18. The summed E-state index contributed by atoms with van der Waals surface area (Å²) in [5, 5.41) is 5.40. The van der Waals surface area contributed by atoms with Gasteiger partial charge in [-0.2, -0.15) is 0 Å². The highest BCUT2D eigenvalue weighted by molar-refractivity contribution is 5.89. The SMILES string of the molecule is CC[C@H](Oc1cccc2ccccc12)C(=O)N[C@@H](CC)c1ccc2c(c1)CCCC2. The Balaban J connectivity index is 1.50.